The molecule has 0 spiro atoms. The number of hydrogen-bond acceptors (Lipinski definition) is 5. The molecule has 1 amide bonds. The predicted octanol–water partition coefficient (Wildman–Crippen LogP) is 2.23. The normalized spacial score (nSPS) is 17.4. The zero-order valence-corrected chi connectivity index (χ0v) is 13.7. The number of aryl methyl sites for hydroxylation is 1. The fourth-order valence-corrected chi connectivity index (χ4v) is 2.73. The van der Waals surface area contributed by atoms with Crippen molar-refractivity contribution in [3.63, 3.8) is 0 Å². The summed E-state index contributed by atoms with van der Waals surface area (Å²) < 4.78 is 11.5. The lowest BCUT2D eigenvalue weighted by molar-refractivity contribution is -0.136. The maximum atomic E-state index is 12.4. The molecule has 0 radical (unpaired) electrons. The van der Waals surface area contributed by atoms with E-state index >= 15 is 0 Å². The van der Waals surface area contributed by atoms with E-state index in [9.17, 15) is 4.79 Å². The van der Waals surface area contributed by atoms with E-state index in [1.54, 1.807) is 17.2 Å². The van der Waals surface area contributed by atoms with Gasteiger partial charge in [0.15, 0.2) is 6.61 Å². The van der Waals surface area contributed by atoms with Crippen LogP contribution in [0.2, 0.25) is 0 Å². The standard InChI is InChI=1S/C18H21N3O3/c1-14-5-2-3-7-16(14)23-12-18(22)21-10-4-6-15(11-21)24-17-8-9-19-13-20-17/h2-3,5,7-9,13,15H,4,6,10-12H2,1H3/t15-/m1/s1. The van der Waals surface area contributed by atoms with Crippen LogP contribution >= 0.6 is 0 Å². The van der Waals surface area contributed by atoms with Gasteiger partial charge in [0.05, 0.1) is 6.54 Å². The second-order valence-electron chi connectivity index (χ2n) is 5.82. The number of ether oxygens (including phenoxy) is 2. The van der Waals surface area contributed by atoms with Crippen molar-refractivity contribution in [2.24, 2.45) is 0 Å². The number of rotatable bonds is 5. The first-order chi connectivity index (χ1) is 11.7. The number of carbonyl (C=O) groups is 1. The molecule has 1 aromatic heterocycles. The molecule has 1 atom stereocenters. The molecule has 1 fully saturated rings. The van der Waals surface area contributed by atoms with Crippen LogP contribution in [0.3, 0.4) is 0 Å². The van der Waals surface area contributed by atoms with Gasteiger partial charge in [-0.1, -0.05) is 18.2 Å². The van der Waals surface area contributed by atoms with Gasteiger partial charge < -0.3 is 14.4 Å². The van der Waals surface area contributed by atoms with Crippen LogP contribution in [0.25, 0.3) is 0 Å². The Kier molecular flexibility index (Phi) is 5.25. The highest BCUT2D eigenvalue weighted by Crippen LogP contribution is 2.18. The molecule has 0 aliphatic carbocycles. The number of aromatic nitrogens is 2. The lowest BCUT2D eigenvalue weighted by Gasteiger charge is -2.32. The van der Waals surface area contributed by atoms with Gasteiger partial charge in [-0.25, -0.2) is 9.97 Å². The predicted molar refractivity (Wildman–Crippen MR) is 88.9 cm³/mol. The fourth-order valence-electron chi connectivity index (χ4n) is 2.73. The monoisotopic (exact) mass is 327 g/mol. The molecule has 1 aliphatic rings. The van der Waals surface area contributed by atoms with E-state index in [0.717, 1.165) is 30.7 Å². The number of amides is 1. The summed E-state index contributed by atoms with van der Waals surface area (Å²) >= 11 is 0. The number of nitrogens with zero attached hydrogens (tertiary/aromatic N) is 3. The van der Waals surface area contributed by atoms with Crippen LogP contribution in [0.4, 0.5) is 0 Å². The Morgan fingerprint density at radius 3 is 3.00 bits per heavy atom. The van der Waals surface area contributed by atoms with E-state index < -0.39 is 0 Å². The molecule has 24 heavy (non-hydrogen) atoms. The first-order valence-corrected chi connectivity index (χ1v) is 8.11. The molecule has 1 aromatic carbocycles. The number of likely N-dealkylation sites (tertiary alicyclic amines) is 1. The highest BCUT2D eigenvalue weighted by molar-refractivity contribution is 5.78. The maximum absolute atomic E-state index is 12.4. The first kappa shape index (κ1) is 16.2. The number of para-hydroxylation sites is 1. The second-order valence-corrected chi connectivity index (χ2v) is 5.82. The molecule has 0 N–H and O–H groups in total. The summed E-state index contributed by atoms with van der Waals surface area (Å²) in [4.78, 5) is 22.1. The molecule has 2 aromatic rings. The Balaban J connectivity index is 1.52. The van der Waals surface area contributed by atoms with Gasteiger partial charge in [0.1, 0.15) is 18.2 Å². The van der Waals surface area contributed by atoms with Gasteiger partial charge in [-0.15, -0.1) is 0 Å². The molecule has 1 saturated heterocycles. The molecule has 0 unspecified atom stereocenters. The van der Waals surface area contributed by atoms with Gasteiger partial charge in [0, 0.05) is 18.8 Å². The Bertz CT molecular complexity index is 678. The molecule has 0 saturated carbocycles. The summed E-state index contributed by atoms with van der Waals surface area (Å²) in [6.45, 7) is 3.30. The van der Waals surface area contributed by atoms with Crippen LogP contribution in [0.5, 0.6) is 11.6 Å². The van der Waals surface area contributed by atoms with E-state index in [2.05, 4.69) is 9.97 Å². The van der Waals surface area contributed by atoms with Crippen molar-refractivity contribution >= 4 is 5.91 Å². The number of piperidine rings is 1. The Morgan fingerprint density at radius 1 is 1.33 bits per heavy atom. The number of hydrogen-bond donors (Lipinski definition) is 0. The second kappa shape index (κ2) is 7.77. The lowest BCUT2D eigenvalue weighted by Crippen LogP contribution is -2.46. The van der Waals surface area contributed by atoms with Crippen molar-refractivity contribution in [1.82, 2.24) is 14.9 Å². The molecule has 0 bridgehead atoms. The van der Waals surface area contributed by atoms with E-state index in [-0.39, 0.29) is 18.6 Å². The number of benzene rings is 1. The molecule has 126 valence electrons. The minimum absolute atomic E-state index is 0.0192. The van der Waals surface area contributed by atoms with Crippen LogP contribution in [0.1, 0.15) is 18.4 Å². The van der Waals surface area contributed by atoms with Crippen LogP contribution in [0, 0.1) is 6.92 Å². The molecule has 6 nitrogen and oxygen atoms in total. The third-order valence-electron chi connectivity index (χ3n) is 4.02. The highest BCUT2D eigenvalue weighted by atomic mass is 16.5. The minimum atomic E-state index is -0.0453. The lowest BCUT2D eigenvalue weighted by atomic mass is 10.1. The van der Waals surface area contributed by atoms with Crippen molar-refractivity contribution in [2.75, 3.05) is 19.7 Å². The van der Waals surface area contributed by atoms with E-state index in [4.69, 9.17) is 9.47 Å². The van der Waals surface area contributed by atoms with Crippen molar-refractivity contribution in [3.05, 3.63) is 48.4 Å². The molecule has 2 heterocycles. The molecular weight excluding hydrogens is 306 g/mol. The zero-order chi connectivity index (χ0) is 16.8. The van der Waals surface area contributed by atoms with E-state index in [1.165, 1.54) is 6.33 Å². The fraction of sp³-hybridized carbons (Fsp3) is 0.389. The van der Waals surface area contributed by atoms with Crippen LogP contribution in [-0.4, -0.2) is 46.6 Å². The van der Waals surface area contributed by atoms with Gasteiger partial charge in [-0.2, -0.15) is 0 Å². The van der Waals surface area contributed by atoms with Crippen molar-refractivity contribution < 1.29 is 14.3 Å². The highest BCUT2D eigenvalue weighted by Gasteiger charge is 2.25. The Morgan fingerprint density at radius 2 is 2.21 bits per heavy atom. The SMILES string of the molecule is Cc1ccccc1OCC(=O)N1CCC[C@@H](Oc2ccncn2)C1. The van der Waals surface area contributed by atoms with E-state index in [0.29, 0.717) is 12.4 Å². The smallest absolute Gasteiger partial charge is 0.260 e. The van der Waals surface area contributed by atoms with Gasteiger partial charge in [0.2, 0.25) is 5.88 Å². The van der Waals surface area contributed by atoms with Crippen molar-refractivity contribution in [3.8, 4) is 11.6 Å². The molecule has 3 rings (SSSR count). The quantitative estimate of drug-likeness (QED) is 0.842. The average Bonchev–Trinajstić information content (AvgIpc) is 2.62. The van der Waals surface area contributed by atoms with Gasteiger partial charge in [-0.3, -0.25) is 4.79 Å². The molecular formula is C18H21N3O3. The minimum Gasteiger partial charge on any atom is -0.484 e. The molecule has 1 aliphatic heterocycles. The largest absolute Gasteiger partial charge is 0.484 e. The van der Waals surface area contributed by atoms with Crippen molar-refractivity contribution in [1.29, 1.82) is 0 Å². The Hall–Kier alpha value is -2.63. The maximum Gasteiger partial charge on any atom is 0.260 e. The summed E-state index contributed by atoms with van der Waals surface area (Å²) in [6, 6.07) is 9.41. The van der Waals surface area contributed by atoms with Gasteiger partial charge >= 0.3 is 0 Å². The van der Waals surface area contributed by atoms with Gasteiger partial charge in [-0.05, 0) is 31.4 Å². The summed E-state index contributed by atoms with van der Waals surface area (Å²) in [5.74, 6) is 1.27. The molecule has 6 heteroatoms. The summed E-state index contributed by atoms with van der Waals surface area (Å²) in [5.41, 5.74) is 1.02. The summed E-state index contributed by atoms with van der Waals surface area (Å²) in [6.07, 6.45) is 4.87. The first-order valence-electron chi connectivity index (χ1n) is 8.11. The van der Waals surface area contributed by atoms with Crippen LogP contribution in [-0.2, 0) is 4.79 Å². The third kappa shape index (κ3) is 4.22. The summed E-state index contributed by atoms with van der Waals surface area (Å²) in [7, 11) is 0. The van der Waals surface area contributed by atoms with Crippen LogP contribution < -0.4 is 9.47 Å². The topological polar surface area (TPSA) is 64.5 Å². The third-order valence-corrected chi connectivity index (χ3v) is 4.02. The van der Waals surface area contributed by atoms with Gasteiger partial charge in [0.25, 0.3) is 5.91 Å². The van der Waals surface area contributed by atoms with Crippen LogP contribution in [0.15, 0.2) is 42.9 Å². The number of carbonyl (C=O) groups excluding carboxylic acids is 1. The summed E-state index contributed by atoms with van der Waals surface area (Å²) in [5, 5.41) is 0. The van der Waals surface area contributed by atoms with E-state index in [1.807, 2.05) is 31.2 Å². The zero-order valence-electron chi connectivity index (χ0n) is 13.7. The average molecular weight is 327 g/mol. The Labute approximate surface area is 141 Å². The van der Waals surface area contributed by atoms with Crippen molar-refractivity contribution in [2.45, 2.75) is 25.9 Å².